The molecule has 2 aromatic rings. The van der Waals surface area contributed by atoms with Crippen LogP contribution in [-0.4, -0.2) is 182 Å². The van der Waals surface area contributed by atoms with E-state index in [0.717, 1.165) is 0 Å². The first-order valence-corrected chi connectivity index (χ1v) is 22.9. The summed E-state index contributed by atoms with van der Waals surface area (Å²) in [5.74, 6) is -6.39. The van der Waals surface area contributed by atoms with Crippen LogP contribution in [0.25, 0.3) is 0 Å². The predicted octanol–water partition coefficient (Wildman–Crippen LogP) is -1.19. The average molecular weight is 958 g/mol. The minimum Gasteiger partial charge on any atom is -0.507 e. The van der Waals surface area contributed by atoms with Gasteiger partial charge < -0.3 is 84.4 Å². The van der Waals surface area contributed by atoms with Gasteiger partial charge in [-0.2, -0.15) is 0 Å². The number of aliphatic hydroxyl groups excluding tert-OH is 6. The molecule has 0 aromatic heterocycles. The second-order valence-electron chi connectivity index (χ2n) is 19.6. The molecule has 10 N–H and O–H groups in total. The number of aromatic hydroxyl groups is 2. The molecule has 1 heterocycles. The lowest BCUT2D eigenvalue weighted by Crippen LogP contribution is -2.88. The van der Waals surface area contributed by atoms with Crippen molar-refractivity contribution in [1.82, 2.24) is 5.32 Å². The summed E-state index contributed by atoms with van der Waals surface area (Å²) in [5.41, 5.74) is -7.18. The number of aliphatic hydroxyl groups is 7. The van der Waals surface area contributed by atoms with Crippen molar-refractivity contribution < 1.29 is 98.3 Å². The molecule has 372 valence electrons. The number of ether oxygens (including phenoxy) is 7. The maximum Gasteiger partial charge on any atom is 0.232 e. The van der Waals surface area contributed by atoms with Gasteiger partial charge in [0.25, 0.3) is 0 Å². The van der Waals surface area contributed by atoms with Gasteiger partial charge in [0, 0.05) is 54.9 Å². The van der Waals surface area contributed by atoms with E-state index in [1.807, 2.05) is 0 Å². The summed E-state index contributed by atoms with van der Waals surface area (Å²) >= 11 is 0. The van der Waals surface area contributed by atoms with Gasteiger partial charge in [0.05, 0.1) is 90.7 Å². The van der Waals surface area contributed by atoms with Crippen LogP contribution in [0, 0.1) is 22.7 Å². The van der Waals surface area contributed by atoms with Gasteiger partial charge in [-0.15, -0.1) is 0 Å². The van der Waals surface area contributed by atoms with Gasteiger partial charge >= 0.3 is 0 Å². The summed E-state index contributed by atoms with van der Waals surface area (Å²) in [7, 11) is 2.76. The third-order valence-corrected chi connectivity index (χ3v) is 16.0. The molecule has 4 saturated carbocycles. The Morgan fingerprint density at radius 1 is 0.897 bits per heavy atom. The van der Waals surface area contributed by atoms with Crippen LogP contribution in [0.3, 0.4) is 0 Å². The Hall–Kier alpha value is -4.20. The number of nitrogens with one attached hydrogen (secondary N) is 1. The summed E-state index contributed by atoms with van der Waals surface area (Å²) in [6.45, 7) is 4.89. The van der Waals surface area contributed by atoms with Crippen LogP contribution in [0.5, 0.6) is 17.2 Å². The molecule has 5 fully saturated rings. The highest BCUT2D eigenvalue weighted by Gasteiger charge is 2.82. The highest BCUT2D eigenvalue weighted by molar-refractivity contribution is 6.31. The number of phenols is 2. The average Bonchev–Trinajstić information content (AvgIpc) is 3.29. The number of phenolic OH excluding ortho intramolecular Hbond substituents is 2. The fourth-order valence-corrected chi connectivity index (χ4v) is 12.5. The number of carbonyl (C=O) groups is 4. The molecule has 2 aromatic carbocycles. The Morgan fingerprint density at radius 3 is 2.19 bits per heavy atom. The molecule has 68 heavy (non-hydrogen) atoms. The van der Waals surface area contributed by atoms with Gasteiger partial charge in [0.2, 0.25) is 11.7 Å². The van der Waals surface area contributed by atoms with Gasteiger partial charge in [0.15, 0.2) is 24.1 Å². The number of rotatable bonds is 15. The van der Waals surface area contributed by atoms with E-state index in [2.05, 4.69) is 5.32 Å². The standard InChI is InChI=1S/C47H59NO20/c1-16(2)64-42-38(57)32-39(58)43(67-18(4)66-26-10-21-40(63-6)41(59)46(21,26)15-50)47(32,42)44(60)48-22-11-27(65-17(3)33(22)52)68-24-13-45(61,25(51)14-49)12-20-29(24)37(56)31-30(35(20)54)34(53)19-8-7-9-23(62-5)28(19)36(31)55/h7-9,16-18,21-22,24,26-27,32-33,38-43,49-50,52,54,56-59,61H,10-15H2,1-6H3,(H,48,60)/t17?,18?,21-,22?,24?,26?,27?,32-,33?,38?,39+,40+,41-,42?,43-,45+,46?,47?/m0/s1. The van der Waals surface area contributed by atoms with E-state index >= 15 is 0 Å². The molecule has 11 unspecified atom stereocenters. The Kier molecular flexibility index (Phi) is 12.4. The normalized spacial score (nSPS) is 40.2. The number of hydrogen-bond donors (Lipinski definition) is 10. The van der Waals surface area contributed by atoms with Crippen LogP contribution in [0.2, 0.25) is 0 Å². The van der Waals surface area contributed by atoms with Crippen molar-refractivity contribution in [3.63, 3.8) is 0 Å². The van der Waals surface area contributed by atoms with Crippen molar-refractivity contribution in [2.24, 2.45) is 22.7 Å². The molecular weight excluding hydrogens is 899 g/mol. The molecule has 21 nitrogen and oxygen atoms in total. The smallest absolute Gasteiger partial charge is 0.232 e. The minimum atomic E-state index is -2.44. The highest BCUT2D eigenvalue weighted by Crippen LogP contribution is 2.66. The van der Waals surface area contributed by atoms with E-state index in [1.165, 1.54) is 46.3 Å². The Labute approximate surface area is 389 Å². The quantitative estimate of drug-likeness (QED) is 0.0632. The zero-order valence-electron chi connectivity index (χ0n) is 38.2. The number of ketones is 3. The van der Waals surface area contributed by atoms with E-state index in [4.69, 9.17) is 33.2 Å². The molecule has 21 heteroatoms. The van der Waals surface area contributed by atoms with E-state index in [-0.39, 0.29) is 46.9 Å². The molecule has 18 atom stereocenters. The maximum absolute atomic E-state index is 14.8. The second kappa shape index (κ2) is 17.3. The van der Waals surface area contributed by atoms with E-state index in [9.17, 15) is 65.1 Å². The molecule has 0 spiro atoms. The summed E-state index contributed by atoms with van der Waals surface area (Å²) < 4.78 is 41.7. The van der Waals surface area contributed by atoms with Crippen LogP contribution >= 0.6 is 0 Å². The lowest BCUT2D eigenvalue weighted by Gasteiger charge is -2.71. The highest BCUT2D eigenvalue weighted by atomic mass is 16.7. The third kappa shape index (κ3) is 6.69. The number of carbonyl (C=O) groups excluding carboxylic acids is 4. The second-order valence-corrected chi connectivity index (χ2v) is 19.6. The van der Waals surface area contributed by atoms with Crippen LogP contribution in [0.15, 0.2) is 18.2 Å². The van der Waals surface area contributed by atoms with Crippen LogP contribution in [-0.2, 0) is 44.4 Å². The van der Waals surface area contributed by atoms with E-state index in [1.54, 1.807) is 13.8 Å². The summed E-state index contributed by atoms with van der Waals surface area (Å²) in [6, 6.07) is 3.05. The molecule has 1 amide bonds. The Morgan fingerprint density at radius 2 is 1.57 bits per heavy atom. The largest absolute Gasteiger partial charge is 0.507 e. The van der Waals surface area contributed by atoms with Gasteiger partial charge in [-0.1, -0.05) is 12.1 Å². The van der Waals surface area contributed by atoms with Crippen molar-refractivity contribution in [1.29, 1.82) is 0 Å². The van der Waals surface area contributed by atoms with E-state index < -0.39 is 173 Å². The SMILES string of the molecule is COc1cccc2c1C(=O)c1c(O)c3c(c(O)c1C2=O)C[C@](O)(C(=O)CO)CC3OC1CC(NC(=O)C23C(OC(C)C)C(O)[C@H]2[C@@H](O)[C@@H]3OC(C)OC2C[C@H]3[C@@H](OC)[C@H](O)C23CO)C(O)C(C)O1. The molecule has 0 bridgehead atoms. The number of methoxy groups -OCH3 is 2. The lowest BCUT2D eigenvalue weighted by molar-refractivity contribution is -0.404. The molecule has 6 aliphatic carbocycles. The zero-order valence-corrected chi connectivity index (χ0v) is 38.2. The van der Waals surface area contributed by atoms with Gasteiger partial charge in [0.1, 0.15) is 53.2 Å². The number of Topliss-reactive ketones (excluding diaryl/α,β-unsaturated/α-hetero) is 1. The number of benzene rings is 2. The molecular formula is C47H59NO20. The van der Waals surface area contributed by atoms with Gasteiger partial charge in [-0.25, -0.2) is 0 Å². The Balaban J connectivity index is 0.993. The molecule has 9 rings (SSSR count). The summed E-state index contributed by atoms with van der Waals surface area (Å²) in [6.07, 6.45) is -15.7. The molecule has 0 radical (unpaired) electrons. The predicted molar refractivity (Wildman–Crippen MR) is 227 cm³/mol. The van der Waals surface area contributed by atoms with Gasteiger partial charge in [-0.3, -0.25) is 19.2 Å². The number of hydrogen-bond acceptors (Lipinski definition) is 20. The maximum atomic E-state index is 14.8. The first kappa shape index (κ1) is 48.8. The lowest BCUT2D eigenvalue weighted by atomic mass is 9.40. The van der Waals surface area contributed by atoms with Crippen molar-refractivity contribution in [3.8, 4) is 17.2 Å². The van der Waals surface area contributed by atoms with Crippen molar-refractivity contribution >= 4 is 23.3 Å². The summed E-state index contributed by atoms with van der Waals surface area (Å²) in [5, 5.41) is 104. The monoisotopic (exact) mass is 957 g/mol. The van der Waals surface area contributed by atoms with Gasteiger partial charge in [-0.05, 0) is 40.2 Å². The minimum absolute atomic E-state index is 0.0228. The number of amides is 1. The topological polar surface area (TPSA) is 327 Å². The summed E-state index contributed by atoms with van der Waals surface area (Å²) in [4.78, 5) is 56.1. The molecule has 1 saturated heterocycles. The van der Waals surface area contributed by atoms with Crippen LogP contribution in [0.4, 0.5) is 0 Å². The first-order valence-electron chi connectivity index (χ1n) is 22.9. The zero-order chi connectivity index (χ0) is 49.3. The Bertz CT molecular complexity index is 2390. The number of fused-ring (bicyclic) bond motifs is 5. The van der Waals surface area contributed by atoms with Crippen LogP contribution in [0.1, 0.15) is 96.0 Å². The van der Waals surface area contributed by atoms with Crippen molar-refractivity contribution in [3.05, 3.63) is 51.6 Å². The fraction of sp³-hybridized carbons (Fsp3) is 0.660. The van der Waals surface area contributed by atoms with Crippen molar-refractivity contribution in [2.75, 3.05) is 27.4 Å². The van der Waals surface area contributed by atoms with E-state index in [0.29, 0.717) is 6.42 Å². The first-order chi connectivity index (χ1) is 32.2. The van der Waals surface area contributed by atoms with Crippen molar-refractivity contribution in [2.45, 2.75) is 145 Å². The molecule has 1 aliphatic heterocycles. The third-order valence-electron chi connectivity index (χ3n) is 16.0. The molecule has 7 aliphatic rings. The fourth-order valence-electron chi connectivity index (χ4n) is 12.5. The van der Waals surface area contributed by atoms with Crippen LogP contribution < -0.4 is 10.1 Å².